The number of aryl methyl sites for hydroxylation is 1. The summed E-state index contributed by atoms with van der Waals surface area (Å²) < 4.78 is 0. The molecule has 0 bridgehead atoms. The lowest BCUT2D eigenvalue weighted by atomic mass is 10.1. The Morgan fingerprint density at radius 1 is 1.31 bits per heavy atom. The fourth-order valence-corrected chi connectivity index (χ4v) is 1.78. The van der Waals surface area contributed by atoms with Crippen molar-refractivity contribution in [1.29, 1.82) is 5.41 Å². The number of para-hydroxylation sites is 1. The summed E-state index contributed by atoms with van der Waals surface area (Å²) in [6, 6.07) is 8.39. The Labute approximate surface area is 97.8 Å². The third-order valence-corrected chi connectivity index (χ3v) is 2.72. The highest BCUT2D eigenvalue weighted by Crippen LogP contribution is 2.18. The Balaban J connectivity index is 2.38. The van der Waals surface area contributed by atoms with Gasteiger partial charge in [0.1, 0.15) is 0 Å². The maximum absolute atomic E-state index is 7.14. The molecule has 0 heterocycles. The molecule has 1 aromatic carbocycles. The van der Waals surface area contributed by atoms with Crippen LogP contribution in [-0.2, 0) is 0 Å². The average Bonchev–Trinajstić information content (AvgIpc) is 2.24. The van der Waals surface area contributed by atoms with Crippen molar-refractivity contribution in [3.05, 3.63) is 29.8 Å². The van der Waals surface area contributed by atoms with Crippen molar-refractivity contribution in [2.24, 2.45) is 5.73 Å². The number of amidine groups is 1. The van der Waals surface area contributed by atoms with E-state index in [0.717, 1.165) is 19.4 Å². The van der Waals surface area contributed by atoms with Crippen LogP contribution in [0.4, 0.5) is 5.69 Å². The Morgan fingerprint density at radius 2 is 2.00 bits per heavy atom. The van der Waals surface area contributed by atoms with E-state index < -0.39 is 0 Å². The van der Waals surface area contributed by atoms with Crippen LogP contribution in [-0.4, -0.2) is 19.4 Å². The van der Waals surface area contributed by atoms with Crippen molar-refractivity contribution < 1.29 is 0 Å². The van der Waals surface area contributed by atoms with E-state index in [9.17, 15) is 0 Å². The molecule has 1 aromatic rings. The predicted molar refractivity (Wildman–Crippen MR) is 70.2 cm³/mol. The molecule has 0 fully saturated rings. The molecule has 0 atom stereocenters. The van der Waals surface area contributed by atoms with Crippen LogP contribution in [0.3, 0.4) is 0 Å². The Kier molecular flexibility index (Phi) is 4.83. The van der Waals surface area contributed by atoms with Gasteiger partial charge in [0.05, 0.1) is 5.84 Å². The molecule has 0 aromatic heterocycles. The van der Waals surface area contributed by atoms with Crippen LogP contribution in [0.2, 0.25) is 0 Å². The molecular formula is C13H21N3. The summed E-state index contributed by atoms with van der Waals surface area (Å²) in [6.07, 6.45) is 2.78. The van der Waals surface area contributed by atoms with Gasteiger partial charge in [-0.25, -0.2) is 0 Å². The fourth-order valence-electron chi connectivity index (χ4n) is 1.78. The number of nitrogens with zero attached hydrogens (tertiary/aromatic N) is 1. The van der Waals surface area contributed by atoms with Gasteiger partial charge in [0, 0.05) is 25.7 Å². The molecule has 0 unspecified atom stereocenters. The van der Waals surface area contributed by atoms with Crippen LogP contribution in [0.15, 0.2) is 24.3 Å². The van der Waals surface area contributed by atoms with Gasteiger partial charge in [-0.3, -0.25) is 5.41 Å². The van der Waals surface area contributed by atoms with E-state index in [2.05, 4.69) is 43.1 Å². The average molecular weight is 219 g/mol. The van der Waals surface area contributed by atoms with Crippen molar-refractivity contribution in [1.82, 2.24) is 0 Å². The number of rotatable bonds is 6. The third-order valence-electron chi connectivity index (χ3n) is 2.72. The van der Waals surface area contributed by atoms with E-state index in [4.69, 9.17) is 11.1 Å². The molecule has 0 amide bonds. The van der Waals surface area contributed by atoms with Crippen molar-refractivity contribution in [3.8, 4) is 0 Å². The van der Waals surface area contributed by atoms with Gasteiger partial charge < -0.3 is 10.6 Å². The predicted octanol–water partition coefficient (Wildman–Crippen LogP) is 2.54. The highest BCUT2D eigenvalue weighted by molar-refractivity contribution is 5.76. The van der Waals surface area contributed by atoms with E-state index >= 15 is 0 Å². The fraction of sp³-hybridized carbons (Fsp3) is 0.462. The third kappa shape index (κ3) is 3.93. The molecule has 3 heteroatoms. The van der Waals surface area contributed by atoms with Crippen molar-refractivity contribution in [2.75, 3.05) is 18.5 Å². The lowest BCUT2D eigenvalue weighted by Crippen LogP contribution is -2.20. The maximum atomic E-state index is 7.14. The van der Waals surface area contributed by atoms with E-state index in [0.29, 0.717) is 12.3 Å². The summed E-state index contributed by atoms with van der Waals surface area (Å²) in [5.74, 6) is 0.290. The second-order valence-corrected chi connectivity index (χ2v) is 4.19. The minimum Gasteiger partial charge on any atom is -0.388 e. The lowest BCUT2D eigenvalue weighted by Gasteiger charge is -2.21. The summed E-state index contributed by atoms with van der Waals surface area (Å²) in [5.41, 5.74) is 7.90. The Hall–Kier alpha value is -1.51. The van der Waals surface area contributed by atoms with Crippen LogP contribution < -0.4 is 10.6 Å². The SMILES string of the molecule is Cc1ccccc1N(C)CCCCC(=N)N. The van der Waals surface area contributed by atoms with Crippen LogP contribution in [0.5, 0.6) is 0 Å². The van der Waals surface area contributed by atoms with Crippen molar-refractivity contribution in [2.45, 2.75) is 26.2 Å². The molecule has 0 saturated carbocycles. The van der Waals surface area contributed by atoms with Crippen LogP contribution in [0, 0.1) is 12.3 Å². The van der Waals surface area contributed by atoms with Gasteiger partial charge >= 0.3 is 0 Å². The number of anilines is 1. The standard InChI is InChI=1S/C13H21N3/c1-11-7-3-4-8-12(11)16(2)10-6-5-9-13(14)15/h3-4,7-8H,5-6,9-10H2,1-2H3,(H3,14,15). The summed E-state index contributed by atoms with van der Waals surface area (Å²) >= 11 is 0. The van der Waals surface area contributed by atoms with Gasteiger partial charge in [0.15, 0.2) is 0 Å². The number of hydrogen-bond acceptors (Lipinski definition) is 2. The number of nitrogens with one attached hydrogen (secondary N) is 1. The zero-order valence-corrected chi connectivity index (χ0v) is 10.2. The van der Waals surface area contributed by atoms with E-state index in [1.807, 2.05) is 0 Å². The Morgan fingerprint density at radius 3 is 2.62 bits per heavy atom. The van der Waals surface area contributed by atoms with Crippen LogP contribution >= 0.6 is 0 Å². The summed E-state index contributed by atoms with van der Waals surface area (Å²) in [4.78, 5) is 2.26. The highest BCUT2D eigenvalue weighted by Gasteiger charge is 2.02. The molecule has 88 valence electrons. The zero-order valence-electron chi connectivity index (χ0n) is 10.2. The van der Waals surface area contributed by atoms with E-state index in [1.54, 1.807) is 0 Å². The molecule has 3 nitrogen and oxygen atoms in total. The number of benzene rings is 1. The Bertz CT molecular complexity index is 347. The topological polar surface area (TPSA) is 53.1 Å². The highest BCUT2D eigenvalue weighted by atomic mass is 15.1. The second-order valence-electron chi connectivity index (χ2n) is 4.19. The van der Waals surface area contributed by atoms with E-state index in [1.165, 1.54) is 11.3 Å². The zero-order chi connectivity index (χ0) is 12.0. The monoisotopic (exact) mass is 219 g/mol. The van der Waals surface area contributed by atoms with Crippen molar-refractivity contribution >= 4 is 11.5 Å². The van der Waals surface area contributed by atoms with Gasteiger partial charge in [-0.05, 0) is 31.4 Å². The van der Waals surface area contributed by atoms with Gasteiger partial charge in [0.25, 0.3) is 0 Å². The molecule has 0 aliphatic rings. The minimum atomic E-state index is 0.290. The smallest absolute Gasteiger partial charge is 0.0905 e. The van der Waals surface area contributed by atoms with Gasteiger partial charge in [0.2, 0.25) is 0 Å². The largest absolute Gasteiger partial charge is 0.388 e. The maximum Gasteiger partial charge on any atom is 0.0905 e. The van der Waals surface area contributed by atoms with E-state index in [-0.39, 0.29) is 0 Å². The van der Waals surface area contributed by atoms with Gasteiger partial charge in [-0.15, -0.1) is 0 Å². The molecule has 1 rings (SSSR count). The summed E-state index contributed by atoms with van der Waals surface area (Å²) in [7, 11) is 2.11. The molecule has 0 spiro atoms. The molecular weight excluding hydrogens is 198 g/mol. The second kappa shape index (κ2) is 6.16. The number of unbranched alkanes of at least 4 members (excludes halogenated alkanes) is 1. The van der Waals surface area contributed by atoms with Crippen LogP contribution in [0.1, 0.15) is 24.8 Å². The molecule has 16 heavy (non-hydrogen) atoms. The van der Waals surface area contributed by atoms with Crippen molar-refractivity contribution in [3.63, 3.8) is 0 Å². The quantitative estimate of drug-likeness (QED) is 0.439. The normalized spacial score (nSPS) is 10.1. The molecule has 3 N–H and O–H groups in total. The molecule has 0 aliphatic heterocycles. The minimum absolute atomic E-state index is 0.290. The first kappa shape index (κ1) is 12.6. The number of hydrogen-bond donors (Lipinski definition) is 2. The lowest BCUT2D eigenvalue weighted by molar-refractivity contribution is 0.737. The van der Waals surface area contributed by atoms with Gasteiger partial charge in [-0.1, -0.05) is 18.2 Å². The molecule has 0 aliphatic carbocycles. The first-order valence-corrected chi connectivity index (χ1v) is 5.71. The summed E-state index contributed by atoms with van der Waals surface area (Å²) in [5, 5.41) is 7.14. The summed E-state index contributed by atoms with van der Waals surface area (Å²) in [6.45, 7) is 3.14. The first-order valence-electron chi connectivity index (χ1n) is 5.71. The van der Waals surface area contributed by atoms with Gasteiger partial charge in [-0.2, -0.15) is 0 Å². The first-order chi connectivity index (χ1) is 7.61. The van der Waals surface area contributed by atoms with Crippen LogP contribution in [0.25, 0.3) is 0 Å². The number of nitrogens with two attached hydrogens (primary N) is 1. The molecule has 0 radical (unpaired) electrons. The molecule has 0 saturated heterocycles.